The molecule has 0 spiro atoms. The number of benzene rings is 1. The van der Waals surface area contributed by atoms with Crippen LogP contribution in [0.5, 0.6) is 0 Å². The first-order valence-corrected chi connectivity index (χ1v) is 6.49. The van der Waals surface area contributed by atoms with Crippen molar-refractivity contribution in [1.29, 1.82) is 0 Å². The largest absolute Gasteiger partial charge is 0.393 e. The van der Waals surface area contributed by atoms with Gasteiger partial charge in [0.2, 0.25) is 5.82 Å². The highest BCUT2D eigenvalue weighted by atomic mass is 19.4. The zero-order valence-corrected chi connectivity index (χ0v) is 11.1. The summed E-state index contributed by atoms with van der Waals surface area (Å²) in [5.74, 6) is -2.34. The summed E-state index contributed by atoms with van der Waals surface area (Å²) >= 11 is 0. The number of likely N-dealkylation sites (tertiary alicyclic amines) is 1. The summed E-state index contributed by atoms with van der Waals surface area (Å²) in [5, 5.41) is 10.5. The van der Waals surface area contributed by atoms with Crippen LogP contribution in [0.4, 0.5) is 23.2 Å². The normalized spacial score (nSPS) is 20.5. The monoisotopic (exact) mass is 306 g/mol. The van der Waals surface area contributed by atoms with Gasteiger partial charge in [-0.25, -0.2) is 0 Å². The van der Waals surface area contributed by atoms with Crippen molar-refractivity contribution in [2.24, 2.45) is 5.92 Å². The lowest BCUT2D eigenvalue weighted by atomic mass is 9.97. The third kappa shape index (κ3) is 3.90. The third-order valence-corrected chi connectivity index (χ3v) is 3.58. The molecule has 0 saturated carbocycles. The Bertz CT molecular complexity index is 533. The number of rotatable bonds is 3. The van der Waals surface area contributed by atoms with E-state index in [9.17, 15) is 27.7 Å². The van der Waals surface area contributed by atoms with Gasteiger partial charge in [0.05, 0.1) is 10.8 Å². The van der Waals surface area contributed by atoms with Crippen molar-refractivity contribution < 1.29 is 22.5 Å². The number of nitro benzene ring substituents is 1. The number of alkyl halides is 3. The van der Waals surface area contributed by atoms with Crippen molar-refractivity contribution in [2.45, 2.75) is 25.6 Å². The van der Waals surface area contributed by atoms with Gasteiger partial charge in [-0.2, -0.15) is 17.6 Å². The van der Waals surface area contributed by atoms with E-state index in [0.29, 0.717) is 18.5 Å². The predicted molar refractivity (Wildman–Crippen MR) is 67.1 cm³/mol. The minimum atomic E-state index is -4.22. The number of hydrogen-bond donors (Lipinski definition) is 0. The highest BCUT2D eigenvalue weighted by Crippen LogP contribution is 2.33. The smallest absolute Gasteiger partial charge is 0.298 e. The molecule has 0 amide bonds. The minimum absolute atomic E-state index is 0.106. The highest BCUT2D eigenvalue weighted by molar-refractivity contribution is 5.35. The van der Waals surface area contributed by atoms with Crippen LogP contribution in [0.3, 0.4) is 0 Å². The van der Waals surface area contributed by atoms with Crippen molar-refractivity contribution in [1.82, 2.24) is 4.90 Å². The van der Waals surface area contributed by atoms with Crippen LogP contribution in [-0.2, 0) is 6.54 Å². The molecule has 1 fully saturated rings. The Hall–Kier alpha value is -1.70. The average molecular weight is 306 g/mol. The van der Waals surface area contributed by atoms with Gasteiger partial charge in [-0.3, -0.25) is 15.0 Å². The maximum Gasteiger partial charge on any atom is 0.393 e. The van der Waals surface area contributed by atoms with Crippen molar-refractivity contribution in [2.75, 3.05) is 13.1 Å². The van der Waals surface area contributed by atoms with E-state index in [2.05, 4.69) is 0 Å². The summed E-state index contributed by atoms with van der Waals surface area (Å²) in [6.07, 6.45) is -3.69. The molecule has 1 aromatic rings. The number of hydrogen-bond acceptors (Lipinski definition) is 3. The molecule has 21 heavy (non-hydrogen) atoms. The Morgan fingerprint density at radius 3 is 2.67 bits per heavy atom. The van der Waals surface area contributed by atoms with E-state index >= 15 is 0 Å². The Morgan fingerprint density at radius 1 is 1.38 bits per heavy atom. The van der Waals surface area contributed by atoms with Crippen molar-refractivity contribution >= 4 is 5.69 Å². The molecule has 1 atom stereocenters. The number of nitrogens with zero attached hydrogens (tertiary/aromatic N) is 2. The van der Waals surface area contributed by atoms with E-state index in [4.69, 9.17) is 0 Å². The lowest BCUT2D eigenvalue weighted by Crippen LogP contribution is -2.41. The van der Waals surface area contributed by atoms with Gasteiger partial charge >= 0.3 is 11.9 Å². The first-order valence-electron chi connectivity index (χ1n) is 6.49. The van der Waals surface area contributed by atoms with Gasteiger partial charge in [-0.05, 0) is 31.0 Å². The van der Waals surface area contributed by atoms with Crippen LogP contribution in [-0.4, -0.2) is 29.1 Å². The Labute approximate surface area is 118 Å². The number of piperidine rings is 1. The summed E-state index contributed by atoms with van der Waals surface area (Å²) in [4.78, 5) is 11.3. The molecular weight excluding hydrogens is 292 g/mol. The average Bonchev–Trinajstić information content (AvgIpc) is 2.37. The Morgan fingerprint density at radius 2 is 2.10 bits per heavy atom. The van der Waals surface area contributed by atoms with Gasteiger partial charge in [0.25, 0.3) is 0 Å². The van der Waals surface area contributed by atoms with E-state index in [0.717, 1.165) is 12.1 Å². The number of halogens is 4. The Balaban J connectivity index is 2.05. The Kier molecular flexibility index (Phi) is 4.46. The minimum Gasteiger partial charge on any atom is -0.298 e. The van der Waals surface area contributed by atoms with Gasteiger partial charge in [0, 0.05) is 19.2 Å². The fourth-order valence-electron chi connectivity index (χ4n) is 2.52. The first-order chi connectivity index (χ1) is 9.77. The predicted octanol–water partition coefficient (Wildman–Crippen LogP) is 3.51. The lowest BCUT2D eigenvalue weighted by molar-refractivity contribution is -0.387. The summed E-state index contributed by atoms with van der Waals surface area (Å²) in [6, 6.07) is 3.42. The quantitative estimate of drug-likeness (QED) is 0.488. The fraction of sp³-hybridized carbons (Fsp3) is 0.538. The van der Waals surface area contributed by atoms with Gasteiger partial charge < -0.3 is 0 Å². The van der Waals surface area contributed by atoms with Gasteiger partial charge in [-0.15, -0.1) is 0 Å². The fourth-order valence-corrected chi connectivity index (χ4v) is 2.52. The van der Waals surface area contributed by atoms with Gasteiger partial charge in [0.1, 0.15) is 0 Å². The van der Waals surface area contributed by atoms with Gasteiger partial charge in [-0.1, -0.05) is 6.07 Å². The van der Waals surface area contributed by atoms with E-state index in [1.54, 1.807) is 4.90 Å². The van der Waals surface area contributed by atoms with Crippen LogP contribution >= 0.6 is 0 Å². The highest BCUT2D eigenvalue weighted by Gasteiger charge is 2.41. The third-order valence-electron chi connectivity index (χ3n) is 3.58. The summed E-state index contributed by atoms with van der Waals surface area (Å²) in [5.41, 5.74) is -0.202. The number of nitro groups is 1. The van der Waals surface area contributed by atoms with Crippen LogP contribution in [0.15, 0.2) is 18.2 Å². The molecule has 4 nitrogen and oxygen atoms in total. The lowest BCUT2D eigenvalue weighted by Gasteiger charge is -2.33. The zero-order chi connectivity index (χ0) is 15.6. The summed E-state index contributed by atoms with van der Waals surface area (Å²) < 4.78 is 51.6. The molecule has 2 rings (SSSR count). The van der Waals surface area contributed by atoms with Crippen LogP contribution < -0.4 is 0 Å². The maximum absolute atomic E-state index is 13.5. The van der Waals surface area contributed by atoms with Crippen LogP contribution in [0.1, 0.15) is 18.4 Å². The molecule has 1 unspecified atom stereocenters. The maximum atomic E-state index is 13.5. The van der Waals surface area contributed by atoms with Crippen LogP contribution in [0.25, 0.3) is 0 Å². The second-order valence-electron chi connectivity index (χ2n) is 5.16. The second kappa shape index (κ2) is 5.97. The molecular formula is C13H14F4N2O2. The summed E-state index contributed by atoms with van der Waals surface area (Å²) in [7, 11) is 0. The van der Waals surface area contributed by atoms with E-state index in [1.165, 1.54) is 6.07 Å². The molecule has 0 radical (unpaired) electrons. The van der Waals surface area contributed by atoms with E-state index in [-0.39, 0.29) is 19.5 Å². The molecule has 1 aromatic carbocycles. The van der Waals surface area contributed by atoms with E-state index < -0.39 is 28.5 Å². The van der Waals surface area contributed by atoms with Crippen molar-refractivity contribution in [3.05, 3.63) is 39.7 Å². The molecule has 1 heterocycles. The van der Waals surface area contributed by atoms with E-state index in [1.807, 2.05) is 0 Å². The van der Waals surface area contributed by atoms with Gasteiger partial charge in [0.15, 0.2) is 0 Å². The topological polar surface area (TPSA) is 46.4 Å². The molecule has 0 bridgehead atoms. The zero-order valence-electron chi connectivity index (χ0n) is 11.1. The standard InChI is InChI=1S/C13H14F4N2O2/c14-11-6-9(3-4-12(11)19(20)21)7-18-5-1-2-10(8-18)13(15,16)17/h3-4,6,10H,1-2,5,7-8H2. The molecule has 0 N–H and O–H groups in total. The summed E-state index contributed by atoms with van der Waals surface area (Å²) in [6.45, 7) is 0.536. The molecule has 1 aliphatic rings. The molecule has 0 aliphatic carbocycles. The van der Waals surface area contributed by atoms with Crippen LogP contribution in [0, 0.1) is 21.8 Å². The first kappa shape index (κ1) is 15.7. The SMILES string of the molecule is O=[N+]([O-])c1ccc(CN2CCCC(C(F)(F)F)C2)cc1F. The second-order valence-corrected chi connectivity index (χ2v) is 5.16. The van der Waals surface area contributed by atoms with Crippen molar-refractivity contribution in [3.8, 4) is 0 Å². The molecule has 8 heteroatoms. The van der Waals surface area contributed by atoms with Crippen LogP contribution in [0.2, 0.25) is 0 Å². The molecule has 0 aromatic heterocycles. The van der Waals surface area contributed by atoms with Crippen molar-refractivity contribution in [3.63, 3.8) is 0 Å². The molecule has 116 valence electrons. The molecule has 1 aliphatic heterocycles. The molecule has 1 saturated heterocycles.